The molecule has 0 saturated heterocycles. The molecule has 8 heteroatoms. The van der Waals surface area contributed by atoms with Gasteiger partial charge in [0.1, 0.15) is 0 Å². The van der Waals surface area contributed by atoms with Crippen molar-refractivity contribution >= 4 is 21.7 Å². The number of hydrogen-bond donors (Lipinski definition) is 3. The van der Waals surface area contributed by atoms with Gasteiger partial charge < -0.3 is 15.2 Å². The monoisotopic (exact) mass is 384 g/mol. The van der Waals surface area contributed by atoms with Gasteiger partial charge in [0, 0.05) is 24.9 Å². The Labute approximate surface area is 155 Å². The largest absolute Gasteiger partial charge is 0.478 e. The molecule has 1 aromatic carbocycles. The molecule has 0 spiro atoms. The molecule has 1 saturated carbocycles. The van der Waals surface area contributed by atoms with E-state index in [1.54, 1.807) is 7.11 Å². The van der Waals surface area contributed by atoms with Crippen molar-refractivity contribution in [1.82, 2.24) is 4.72 Å². The molecule has 1 fully saturated rings. The molecular weight excluding hydrogens is 356 g/mol. The summed E-state index contributed by atoms with van der Waals surface area (Å²) in [5.41, 5.74) is 0.298. The number of carboxylic acids is 1. The summed E-state index contributed by atoms with van der Waals surface area (Å²) in [6.07, 6.45) is 5.91. The standard InChI is InChI=1S/C18H28N2O5S/c1-13(12-25-2)19-17-10-9-15(11-16(17)18(21)22)26(23,24)20-14-7-5-3-4-6-8-14/h9-11,13-14,19-20H,3-8,12H2,1-2H3,(H,21,22). The fourth-order valence-corrected chi connectivity index (χ4v) is 4.57. The van der Waals surface area contributed by atoms with E-state index in [4.69, 9.17) is 4.74 Å². The fraction of sp³-hybridized carbons (Fsp3) is 0.611. The molecule has 7 nitrogen and oxygen atoms in total. The Hall–Kier alpha value is -1.64. The highest BCUT2D eigenvalue weighted by Gasteiger charge is 2.23. The van der Waals surface area contributed by atoms with Crippen LogP contribution in [0.4, 0.5) is 5.69 Å². The van der Waals surface area contributed by atoms with E-state index >= 15 is 0 Å². The first-order valence-corrected chi connectivity index (χ1v) is 10.5. The predicted molar refractivity (Wildman–Crippen MR) is 100 cm³/mol. The normalized spacial score (nSPS) is 17.5. The van der Waals surface area contributed by atoms with Crippen LogP contribution in [0.5, 0.6) is 0 Å². The number of methoxy groups -OCH3 is 1. The van der Waals surface area contributed by atoms with Crippen molar-refractivity contribution in [3.05, 3.63) is 23.8 Å². The molecule has 1 aliphatic rings. The van der Waals surface area contributed by atoms with Crippen molar-refractivity contribution in [1.29, 1.82) is 0 Å². The van der Waals surface area contributed by atoms with Gasteiger partial charge in [-0.05, 0) is 38.0 Å². The summed E-state index contributed by atoms with van der Waals surface area (Å²) >= 11 is 0. The van der Waals surface area contributed by atoms with E-state index in [1.807, 2.05) is 6.92 Å². The number of carboxylic acid groups (broad SMARTS) is 1. The maximum Gasteiger partial charge on any atom is 0.337 e. The molecule has 0 amide bonds. The van der Waals surface area contributed by atoms with Crippen molar-refractivity contribution in [2.75, 3.05) is 19.0 Å². The minimum absolute atomic E-state index is 0.0240. The Morgan fingerprint density at radius 3 is 2.50 bits per heavy atom. The number of nitrogens with one attached hydrogen (secondary N) is 2. The molecule has 1 aliphatic carbocycles. The number of aromatic carboxylic acids is 1. The number of ether oxygens (including phenoxy) is 1. The highest BCUT2D eigenvalue weighted by Crippen LogP contribution is 2.24. The van der Waals surface area contributed by atoms with E-state index in [2.05, 4.69) is 10.0 Å². The minimum atomic E-state index is -3.75. The summed E-state index contributed by atoms with van der Waals surface area (Å²) in [6.45, 7) is 2.26. The number of sulfonamides is 1. The predicted octanol–water partition coefficient (Wildman–Crippen LogP) is 2.83. The third-order valence-corrected chi connectivity index (χ3v) is 6.05. The molecule has 0 heterocycles. The van der Waals surface area contributed by atoms with Crippen LogP contribution < -0.4 is 10.0 Å². The number of benzene rings is 1. The van der Waals surface area contributed by atoms with Crippen LogP contribution in [0.3, 0.4) is 0 Å². The van der Waals surface area contributed by atoms with Crippen LogP contribution in [0, 0.1) is 0 Å². The summed E-state index contributed by atoms with van der Waals surface area (Å²) < 4.78 is 33.1. The molecule has 26 heavy (non-hydrogen) atoms. The topological polar surface area (TPSA) is 105 Å². The second-order valence-corrected chi connectivity index (χ2v) is 8.54. The second-order valence-electron chi connectivity index (χ2n) is 6.82. The lowest BCUT2D eigenvalue weighted by Gasteiger charge is -2.19. The van der Waals surface area contributed by atoms with Gasteiger partial charge in [-0.15, -0.1) is 0 Å². The summed E-state index contributed by atoms with van der Waals surface area (Å²) in [5, 5.41) is 12.5. The summed E-state index contributed by atoms with van der Waals surface area (Å²) in [6, 6.07) is 3.95. The molecule has 0 aromatic heterocycles. The quantitative estimate of drug-likeness (QED) is 0.595. The van der Waals surface area contributed by atoms with Crippen molar-refractivity contribution in [2.45, 2.75) is 62.4 Å². The second kappa shape index (κ2) is 9.34. The van der Waals surface area contributed by atoms with Crippen LogP contribution in [-0.2, 0) is 14.8 Å². The van der Waals surface area contributed by atoms with Gasteiger partial charge in [-0.2, -0.15) is 0 Å². The van der Waals surface area contributed by atoms with Crippen LogP contribution in [-0.4, -0.2) is 45.3 Å². The van der Waals surface area contributed by atoms with E-state index in [9.17, 15) is 18.3 Å². The lowest BCUT2D eigenvalue weighted by molar-refractivity contribution is 0.0697. The van der Waals surface area contributed by atoms with Crippen molar-refractivity contribution in [3.8, 4) is 0 Å². The Bertz CT molecular complexity index is 712. The summed E-state index contributed by atoms with van der Waals surface area (Å²) in [5.74, 6) is -1.18. The molecule has 0 bridgehead atoms. The molecular formula is C18H28N2O5S. The van der Waals surface area contributed by atoms with Gasteiger partial charge in [-0.1, -0.05) is 25.7 Å². The van der Waals surface area contributed by atoms with E-state index in [1.165, 1.54) is 18.2 Å². The zero-order valence-corrected chi connectivity index (χ0v) is 16.1. The minimum Gasteiger partial charge on any atom is -0.478 e. The molecule has 0 aliphatic heterocycles. The van der Waals surface area contributed by atoms with Crippen LogP contribution in [0.1, 0.15) is 55.8 Å². The molecule has 1 atom stereocenters. The van der Waals surface area contributed by atoms with Gasteiger partial charge in [0.25, 0.3) is 0 Å². The molecule has 1 aromatic rings. The lowest BCUT2D eigenvalue weighted by Crippen LogP contribution is -2.34. The highest BCUT2D eigenvalue weighted by molar-refractivity contribution is 7.89. The zero-order chi connectivity index (χ0) is 19.2. The molecule has 0 radical (unpaired) electrons. The maximum absolute atomic E-state index is 12.7. The first-order chi connectivity index (χ1) is 12.3. The van der Waals surface area contributed by atoms with Gasteiger partial charge in [0.2, 0.25) is 10.0 Å². The average molecular weight is 384 g/mol. The Morgan fingerprint density at radius 1 is 1.27 bits per heavy atom. The van der Waals surface area contributed by atoms with E-state index < -0.39 is 16.0 Å². The van der Waals surface area contributed by atoms with Gasteiger partial charge in [-0.25, -0.2) is 17.9 Å². The Kier molecular flexibility index (Phi) is 7.43. The average Bonchev–Trinajstić information content (AvgIpc) is 2.83. The zero-order valence-electron chi connectivity index (χ0n) is 15.3. The number of carbonyl (C=O) groups is 1. The highest BCUT2D eigenvalue weighted by atomic mass is 32.2. The molecule has 146 valence electrons. The van der Waals surface area contributed by atoms with Crippen LogP contribution in [0.15, 0.2) is 23.1 Å². The van der Waals surface area contributed by atoms with Crippen LogP contribution in [0.2, 0.25) is 0 Å². The van der Waals surface area contributed by atoms with E-state index in [0.29, 0.717) is 12.3 Å². The van der Waals surface area contributed by atoms with Gasteiger partial charge in [0.15, 0.2) is 0 Å². The smallest absolute Gasteiger partial charge is 0.337 e. The summed E-state index contributed by atoms with van der Waals surface area (Å²) in [4.78, 5) is 11.6. The van der Waals surface area contributed by atoms with Crippen molar-refractivity contribution in [2.24, 2.45) is 0 Å². The summed E-state index contributed by atoms with van der Waals surface area (Å²) in [7, 11) is -2.19. The first-order valence-electron chi connectivity index (χ1n) is 8.98. The fourth-order valence-electron chi connectivity index (χ4n) is 3.24. The van der Waals surface area contributed by atoms with Crippen molar-refractivity contribution < 1.29 is 23.1 Å². The Morgan fingerprint density at radius 2 is 1.92 bits per heavy atom. The van der Waals surface area contributed by atoms with Crippen LogP contribution in [0.25, 0.3) is 0 Å². The maximum atomic E-state index is 12.7. The van der Waals surface area contributed by atoms with E-state index in [-0.39, 0.29) is 22.5 Å². The number of hydrogen-bond acceptors (Lipinski definition) is 5. The Balaban J connectivity index is 2.22. The molecule has 2 rings (SSSR count). The third-order valence-electron chi connectivity index (χ3n) is 4.53. The van der Waals surface area contributed by atoms with Gasteiger partial charge >= 0.3 is 5.97 Å². The van der Waals surface area contributed by atoms with Gasteiger partial charge in [0.05, 0.1) is 17.1 Å². The lowest BCUT2D eigenvalue weighted by atomic mass is 10.1. The van der Waals surface area contributed by atoms with Crippen molar-refractivity contribution in [3.63, 3.8) is 0 Å². The third kappa shape index (κ3) is 5.69. The molecule has 1 unspecified atom stereocenters. The number of rotatable bonds is 8. The van der Waals surface area contributed by atoms with E-state index in [0.717, 1.165) is 38.5 Å². The molecule has 3 N–H and O–H groups in total. The number of anilines is 1. The SMILES string of the molecule is COCC(C)Nc1ccc(S(=O)(=O)NC2CCCCCC2)cc1C(=O)O. The van der Waals surface area contributed by atoms with Gasteiger partial charge in [-0.3, -0.25) is 0 Å². The van der Waals surface area contributed by atoms with Crippen LogP contribution >= 0.6 is 0 Å². The first kappa shape index (κ1) is 20.7.